The van der Waals surface area contributed by atoms with Gasteiger partial charge >= 0.3 is 0 Å². The van der Waals surface area contributed by atoms with Gasteiger partial charge in [0.25, 0.3) is 5.91 Å². The summed E-state index contributed by atoms with van der Waals surface area (Å²) in [7, 11) is 0. The largest absolute Gasteiger partial charge is 0.344 e. The van der Waals surface area contributed by atoms with Crippen molar-refractivity contribution in [1.82, 2.24) is 9.55 Å². The molecule has 2 rings (SSSR count). The molecule has 0 saturated carbocycles. The van der Waals surface area contributed by atoms with Crippen molar-refractivity contribution in [2.45, 2.75) is 19.9 Å². The van der Waals surface area contributed by atoms with Crippen LogP contribution in [0, 0.1) is 0 Å². The molecule has 0 radical (unpaired) electrons. The highest BCUT2D eigenvalue weighted by Gasteiger charge is 2.10. The van der Waals surface area contributed by atoms with Crippen LogP contribution in [0.1, 0.15) is 23.8 Å². The monoisotopic (exact) mass is 307 g/mol. The minimum Gasteiger partial charge on any atom is -0.344 e. The molecular weight excluding hydrogens is 294 g/mol. The first kappa shape index (κ1) is 12.8. The minimum atomic E-state index is -0.136. The van der Waals surface area contributed by atoms with Gasteiger partial charge in [-0.2, -0.15) is 0 Å². The number of carbonyl (C=O) groups is 1. The maximum Gasteiger partial charge on any atom is 0.273 e. The van der Waals surface area contributed by atoms with Crippen LogP contribution in [-0.2, 0) is 6.54 Å². The van der Waals surface area contributed by atoms with Gasteiger partial charge < -0.3 is 9.88 Å². The second-order valence-electron chi connectivity index (χ2n) is 3.90. The van der Waals surface area contributed by atoms with Crippen LogP contribution >= 0.6 is 15.9 Å². The van der Waals surface area contributed by atoms with Gasteiger partial charge in [0.2, 0.25) is 0 Å². The number of aromatic nitrogens is 2. The summed E-state index contributed by atoms with van der Waals surface area (Å²) < 4.78 is 2.82. The van der Waals surface area contributed by atoms with E-state index in [-0.39, 0.29) is 5.91 Å². The molecule has 1 N–H and O–H groups in total. The third-order valence-corrected chi connectivity index (χ3v) is 2.96. The number of aryl methyl sites for hydroxylation is 1. The van der Waals surface area contributed by atoms with Gasteiger partial charge in [0.15, 0.2) is 0 Å². The zero-order valence-electron chi connectivity index (χ0n) is 10.1. The average Bonchev–Trinajstić information content (AvgIpc) is 2.81. The fourth-order valence-corrected chi connectivity index (χ4v) is 1.92. The first-order valence-electron chi connectivity index (χ1n) is 5.78. The van der Waals surface area contributed by atoms with Crippen LogP contribution in [-0.4, -0.2) is 15.5 Å². The maximum atomic E-state index is 12.1. The molecule has 0 aliphatic rings. The van der Waals surface area contributed by atoms with E-state index in [0.717, 1.165) is 17.4 Å². The molecule has 2 heterocycles. The lowest BCUT2D eigenvalue weighted by Gasteiger charge is -2.08. The van der Waals surface area contributed by atoms with E-state index in [4.69, 9.17) is 0 Å². The summed E-state index contributed by atoms with van der Waals surface area (Å²) in [5.41, 5.74) is 0.654. The van der Waals surface area contributed by atoms with Gasteiger partial charge in [-0.3, -0.25) is 4.79 Å². The number of halogens is 1. The Kier molecular flexibility index (Phi) is 4.15. The van der Waals surface area contributed by atoms with Crippen LogP contribution in [0.4, 0.5) is 5.82 Å². The SMILES string of the molecule is CCCn1cccc1C(=O)Nc1ccc(Br)cn1. The van der Waals surface area contributed by atoms with E-state index in [1.807, 2.05) is 29.0 Å². The van der Waals surface area contributed by atoms with Crippen molar-refractivity contribution in [3.8, 4) is 0 Å². The highest BCUT2D eigenvalue weighted by atomic mass is 79.9. The van der Waals surface area contributed by atoms with Crippen LogP contribution in [0.15, 0.2) is 41.1 Å². The smallest absolute Gasteiger partial charge is 0.273 e. The Hall–Kier alpha value is -1.62. The zero-order valence-corrected chi connectivity index (χ0v) is 11.6. The molecule has 4 nitrogen and oxygen atoms in total. The number of hydrogen-bond donors (Lipinski definition) is 1. The van der Waals surface area contributed by atoms with Crippen molar-refractivity contribution in [1.29, 1.82) is 0 Å². The van der Waals surface area contributed by atoms with Crippen molar-refractivity contribution in [3.63, 3.8) is 0 Å². The van der Waals surface area contributed by atoms with Gasteiger partial charge in [0.05, 0.1) is 0 Å². The molecular formula is C13H14BrN3O. The number of anilines is 1. The molecule has 0 unspecified atom stereocenters. The van der Waals surface area contributed by atoms with Crippen LogP contribution in [0.25, 0.3) is 0 Å². The number of amides is 1. The molecule has 94 valence electrons. The number of rotatable bonds is 4. The van der Waals surface area contributed by atoms with Crippen LogP contribution in [0.2, 0.25) is 0 Å². The van der Waals surface area contributed by atoms with Gasteiger partial charge in [0.1, 0.15) is 11.5 Å². The number of nitrogens with one attached hydrogen (secondary N) is 1. The molecule has 0 bridgehead atoms. The van der Waals surface area contributed by atoms with Crippen molar-refractivity contribution >= 4 is 27.7 Å². The number of carbonyl (C=O) groups excluding carboxylic acids is 1. The molecule has 2 aromatic heterocycles. The molecule has 5 heteroatoms. The predicted molar refractivity (Wildman–Crippen MR) is 74.6 cm³/mol. The van der Waals surface area contributed by atoms with E-state index in [1.165, 1.54) is 0 Å². The topological polar surface area (TPSA) is 46.9 Å². The Bertz CT molecular complexity index is 533. The maximum absolute atomic E-state index is 12.1. The number of nitrogens with zero attached hydrogens (tertiary/aromatic N) is 2. The Morgan fingerprint density at radius 1 is 1.44 bits per heavy atom. The molecule has 0 saturated heterocycles. The van der Waals surface area contributed by atoms with Crippen LogP contribution in [0.3, 0.4) is 0 Å². The fraction of sp³-hybridized carbons (Fsp3) is 0.231. The molecule has 0 spiro atoms. The molecule has 0 fully saturated rings. The lowest BCUT2D eigenvalue weighted by molar-refractivity contribution is 0.101. The summed E-state index contributed by atoms with van der Waals surface area (Å²) in [6, 6.07) is 7.28. The van der Waals surface area contributed by atoms with Crippen molar-refractivity contribution in [2.75, 3.05) is 5.32 Å². The molecule has 0 aliphatic heterocycles. The summed E-state index contributed by atoms with van der Waals surface area (Å²) in [6.45, 7) is 2.92. The Morgan fingerprint density at radius 2 is 2.28 bits per heavy atom. The zero-order chi connectivity index (χ0) is 13.0. The van der Waals surface area contributed by atoms with E-state index in [0.29, 0.717) is 11.5 Å². The van der Waals surface area contributed by atoms with E-state index in [2.05, 4.69) is 33.2 Å². The second kappa shape index (κ2) is 5.82. The van der Waals surface area contributed by atoms with E-state index < -0.39 is 0 Å². The average molecular weight is 308 g/mol. The lowest BCUT2D eigenvalue weighted by Crippen LogP contribution is -2.17. The summed E-state index contributed by atoms with van der Waals surface area (Å²) >= 11 is 3.30. The first-order valence-corrected chi connectivity index (χ1v) is 6.58. The Balaban J connectivity index is 2.11. The molecule has 0 aliphatic carbocycles. The van der Waals surface area contributed by atoms with Crippen LogP contribution in [0.5, 0.6) is 0 Å². The van der Waals surface area contributed by atoms with Gasteiger partial charge in [-0.1, -0.05) is 6.92 Å². The minimum absolute atomic E-state index is 0.136. The van der Waals surface area contributed by atoms with Crippen molar-refractivity contribution < 1.29 is 4.79 Å². The van der Waals surface area contributed by atoms with Crippen molar-refractivity contribution in [3.05, 3.63) is 46.8 Å². The quantitative estimate of drug-likeness (QED) is 0.942. The van der Waals surface area contributed by atoms with E-state index >= 15 is 0 Å². The highest BCUT2D eigenvalue weighted by molar-refractivity contribution is 9.10. The Morgan fingerprint density at radius 3 is 2.94 bits per heavy atom. The Labute approximate surface area is 114 Å². The van der Waals surface area contributed by atoms with E-state index in [9.17, 15) is 4.79 Å². The molecule has 0 aromatic carbocycles. The van der Waals surface area contributed by atoms with Gasteiger partial charge in [-0.25, -0.2) is 4.98 Å². The summed E-state index contributed by atoms with van der Waals surface area (Å²) in [5.74, 6) is 0.413. The number of hydrogen-bond acceptors (Lipinski definition) is 2. The lowest BCUT2D eigenvalue weighted by atomic mass is 10.3. The highest BCUT2D eigenvalue weighted by Crippen LogP contribution is 2.12. The first-order chi connectivity index (χ1) is 8.70. The standard InChI is InChI=1S/C13H14BrN3O/c1-2-7-17-8-3-4-11(17)13(18)16-12-6-5-10(14)9-15-12/h3-6,8-9H,2,7H2,1H3,(H,15,16,18). The second-order valence-corrected chi connectivity index (χ2v) is 4.82. The summed E-state index contributed by atoms with van der Waals surface area (Å²) in [5, 5.41) is 2.78. The molecule has 2 aromatic rings. The molecule has 1 amide bonds. The van der Waals surface area contributed by atoms with Crippen molar-refractivity contribution in [2.24, 2.45) is 0 Å². The predicted octanol–water partition coefficient (Wildman–Crippen LogP) is 3.31. The molecule has 0 atom stereocenters. The van der Waals surface area contributed by atoms with Crippen LogP contribution < -0.4 is 5.32 Å². The normalized spacial score (nSPS) is 10.3. The fourth-order valence-electron chi connectivity index (χ4n) is 1.69. The summed E-state index contributed by atoms with van der Waals surface area (Å²) in [4.78, 5) is 16.2. The third kappa shape index (κ3) is 2.98. The third-order valence-electron chi connectivity index (χ3n) is 2.50. The van der Waals surface area contributed by atoms with Gasteiger partial charge in [0, 0.05) is 23.4 Å². The number of pyridine rings is 1. The summed E-state index contributed by atoms with van der Waals surface area (Å²) in [6.07, 6.45) is 4.56. The van der Waals surface area contributed by atoms with Gasteiger partial charge in [-0.15, -0.1) is 0 Å². The van der Waals surface area contributed by atoms with E-state index in [1.54, 1.807) is 12.3 Å². The van der Waals surface area contributed by atoms with Gasteiger partial charge in [-0.05, 0) is 46.6 Å². The molecule has 18 heavy (non-hydrogen) atoms.